The molecule has 0 aromatic heterocycles. The van der Waals surface area contributed by atoms with Crippen molar-refractivity contribution in [1.29, 1.82) is 0 Å². The Bertz CT molecular complexity index is 1150. The molecule has 4 rings (SSSR count). The van der Waals surface area contributed by atoms with Gasteiger partial charge in [0.15, 0.2) is 23.0 Å². The Balaban J connectivity index is 0.000000947. The van der Waals surface area contributed by atoms with E-state index >= 15 is 0 Å². The smallest absolute Gasteiger partial charge is 0.300 e. The number of carboxylic acids is 1. The van der Waals surface area contributed by atoms with Crippen molar-refractivity contribution in [2.24, 2.45) is 9.98 Å². The number of ether oxygens (including phenoxy) is 2. The van der Waals surface area contributed by atoms with Gasteiger partial charge in [-0.1, -0.05) is 43.5 Å². The summed E-state index contributed by atoms with van der Waals surface area (Å²) in [4.78, 5) is 18.1. The predicted molar refractivity (Wildman–Crippen MR) is 145 cm³/mol. The van der Waals surface area contributed by atoms with Gasteiger partial charge in [-0.25, -0.2) is 0 Å². The first-order valence-corrected chi connectivity index (χ1v) is 12.2. The van der Waals surface area contributed by atoms with Gasteiger partial charge in [0.1, 0.15) is 0 Å². The second-order valence-electron chi connectivity index (χ2n) is 8.38. The summed E-state index contributed by atoms with van der Waals surface area (Å²) in [5, 5.41) is 28.6. The normalized spacial score (nSPS) is 13.6. The maximum atomic E-state index is 10.6. The van der Waals surface area contributed by atoms with Crippen LogP contribution < -0.4 is 9.47 Å². The van der Waals surface area contributed by atoms with Crippen LogP contribution in [0.15, 0.2) is 70.6 Å². The van der Waals surface area contributed by atoms with Gasteiger partial charge in [0, 0.05) is 47.5 Å². The predicted octanol–water partition coefficient (Wildman–Crippen LogP) is 6.41. The number of fused-ring (bicyclic) bond motifs is 5. The maximum Gasteiger partial charge on any atom is 0.300 e. The molecule has 3 N–H and O–H groups in total. The number of aliphatic carboxylic acids is 1. The van der Waals surface area contributed by atoms with Gasteiger partial charge in [-0.3, -0.25) is 14.8 Å². The van der Waals surface area contributed by atoms with Crippen LogP contribution in [0.25, 0.3) is 0 Å². The van der Waals surface area contributed by atoms with E-state index in [1.54, 1.807) is 36.7 Å². The summed E-state index contributed by atoms with van der Waals surface area (Å²) >= 11 is 0. The summed E-state index contributed by atoms with van der Waals surface area (Å²) in [6.45, 7) is 2.17. The number of hydrogen-bond donors (Lipinski definition) is 3. The molecule has 0 spiro atoms. The van der Waals surface area contributed by atoms with Gasteiger partial charge < -0.3 is 24.8 Å². The molecule has 3 aromatic rings. The number of aliphatic imine (C=N–C) groups is 2. The van der Waals surface area contributed by atoms with E-state index in [-0.39, 0.29) is 28.6 Å². The van der Waals surface area contributed by atoms with Crippen LogP contribution in [-0.2, 0) is 21.9 Å². The zero-order valence-corrected chi connectivity index (χ0v) is 22.4. The van der Waals surface area contributed by atoms with E-state index in [1.807, 2.05) is 36.4 Å². The Hall–Kier alpha value is -3.81. The zero-order valence-electron chi connectivity index (χ0n) is 21.2. The average Bonchev–Trinajstić information content (AvgIpc) is 2.87. The second-order valence-corrected chi connectivity index (χ2v) is 8.38. The molecule has 9 heteroatoms. The molecule has 0 aliphatic carbocycles. The first kappa shape index (κ1) is 30.4. The van der Waals surface area contributed by atoms with E-state index < -0.39 is 5.97 Å². The Morgan fingerprint density at radius 3 is 1.50 bits per heavy atom. The van der Waals surface area contributed by atoms with Crippen molar-refractivity contribution in [3.05, 3.63) is 71.8 Å². The van der Waals surface area contributed by atoms with Crippen LogP contribution in [0.1, 0.15) is 50.2 Å². The summed E-state index contributed by atoms with van der Waals surface area (Å²) in [6.07, 6.45) is 8.17. The number of carbonyl (C=O) groups is 1. The molecule has 1 radical (unpaired) electrons. The SMILES string of the molecule is CC(=O)O.Oc1c2cccc1OCCCCCCCOc1cccc(c1O)C=Nc1ccccc1N=C2.[Mn]. The quantitative estimate of drug-likeness (QED) is 0.274. The third-order valence-corrected chi connectivity index (χ3v) is 5.43. The zero-order chi connectivity index (χ0) is 26.5. The molecular formula is C29H32MnN2O6. The molecule has 0 amide bonds. The number of aromatic hydroxyl groups is 2. The minimum atomic E-state index is -0.833. The van der Waals surface area contributed by atoms with Crippen molar-refractivity contribution in [1.82, 2.24) is 0 Å². The van der Waals surface area contributed by atoms with Crippen LogP contribution in [0.5, 0.6) is 23.0 Å². The van der Waals surface area contributed by atoms with Crippen LogP contribution in [-0.4, -0.2) is 46.9 Å². The van der Waals surface area contributed by atoms with Gasteiger partial charge in [-0.15, -0.1) is 0 Å². The van der Waals surface area contributed by atoms with Crippen molar-refractivity contribution in [2.45, 2.75) is 39.0 Å². The summed E-state index contributed by atoms with van der Waals surface area (Å²) < 4.78 is 11.6. The molecule has 38 heavy (non-hydrogen) atoms. The number of carboxylic acid groups (broad SMARTS) is 1. The molecule has 0 saturated heterocycles. The molecule has 8 nitrogen and oxygen atoms in total. The molecule has 0 fully saturated rings. The molecule has 0 atom stereocenters. The van der Waals surface area contributed by atoms with Crippen molar-refractivity contribution in [2.75, 3.05) is 13.2 Å². The minimum Gasteiger partial charge on any atom is -0.504 e. The van der Waals surface area contributed by atoms with E-state index in [2.05, 4.69) is 9.98 Å². The molecule has 0 saturated carbocycles. The van der Waals surface area contributed by atoms with Crippen LogP contribution >= 0.6 is 0 Å². The minimum absolute atomic E-state index is 0. The largest absolute Gasteiger partial charge is 0.504 e. The van der Waals surface area contributed by atoms with Crippen LogP contribution in [0, 0.1) is 0 Å². The Labute approximate surface area is 233 Å². The number of phenolic OH excluding ortho intramolecular Hbond substituents is 2. The van der Waals surface area contributed by atoms with Crippen molar-refractivity contribution < 1.29 is 46.7 Å². The summed E-state index contributed by atoms with van der Waals surface area (Å²) in [5.74, 6) is 0.234. The number of nitrogens with zero attached hydrogens (tertiary/aromatic N) is 2. The van der Waals surface area contributed by atoms with E-state index in [4.69, 9.17) is 19.4 Å². The Morgan fingerprint density at radius 2 is 1.08 bits per heavy atom. The molecule has 1 aliphatic heterocycles. The van der Waals surface area contributed by atoms with Gasteiger partial charge in [0.2, 0.25) is 0 Å². The molecule has 3 aromatic carbocycles. The Kier molecular flexibility index (Phi) is 12.9. The number of hydrogen-bond acceptors (Lipinski definition) is 7. The average molecular weight is 560 g/mol. The molecule has 4 bridgehead atoms. The van der Waals surface area contributed by atoms with E-state index in [1.165, 1.54) is 0 Å². The standard InChI is InChI=1S/C27H28N2O4.C2H4O2.Mn/c30-26-20-10-8-14-24(26)32-16-6-2-1-3-7-17-33-25-15-9-11-21(27(25)31)19-29-23-13-5-4-12-22(23)28-18-20;1-2(3)4;/h4-5,8-15,18-19,30-31H,1-3,6-7,16-17H2;1H3,(H,3,4);. The summed E-state index contributed by atoms with van der Waals surface area (Å²) in [7, 11) is 0. The summed E-state index contributed by atoms with van der Waals surface area (Å²) in [6, 6.07) is 18.2. The number of rotatable bonds is 0. The number of para-hydroxylation sites is 4. The molecule has 1 aliphatic rings. The van der Waals surface area contributed by atoms with E-state index in [0.29, 0.717) is 47.2 Å². The fourth-order valence-corrected chi connectivity index (χ4v) is 3.58. The van der Waals surface area contributed by atoms with Gasteiger partial charge in [-0.05, 0) is 49.2 Å². The van der Waals surface area contributed by atoms with Crippen LogP contribution in [0.4, 0.5) is 11.4 Å². The first-order chi connectivity index (χ1) is 18.0. The number of phenols is 2. The monoisotopic (exact) mass is 559 g/mol. The van der Waals surface area contributed by atoms with Crippen molar-refractivity contribution >= 4 is 29.8 Å². The fraction of sp³-hybridized carbons (Fsp3) is 0.276. The summed E-state index contributed by atoms with van der Waals surface area (Å²) in [5.41, 5.74) is 2.41. The third-order valence-electron chi connectivity index (χ3n) is 5.43. The second kappa shape index (κ2) is 16.1. The molecule has 201 valence electrons. The van der Waals surface area contributed by atoms with Gasteiger partial charge in [0.25, 0.3) is 5.97 Å². The molecule has 1 heterocycles. The van der Waals surface area contributed by atoms with Crippen molar-refractivity contribution in [3.63, 3.8) is 0 Å². The fourth-order valence-electron chi connectivity index (χ4n) is 3.58. The van der Waals surface area contributed by atoms with Crippen LogP contribution in [0.2, 0.25) is 0 Å². The van der Waals surface area contributed by atoms with Crippen LogP contribution in [0.3, 0.4) is 0 Å². The number of benzene rings is 3. The van der Waals surface area contributed by atoms with Crippen molar-refractivity contribution in [3.8, 4) is 23.0 Å². The topological polar surface area (TPSA) is 121 Å². The van der Waals surface area contributed by atoms with Gasteiger partial charge in [-0.2, -0.15) is 0 Å². The maximum absolute atomic E-state index is 10.6. The molecular weight excluding hydrogens is 527 g/mol. The molecule has 0 unspecified atom stereocenters. The van der Waals surface area contributed by atoms with Gasteiger partial charge in [0.05, 0.1) is 24.6 Å². The van der Waals surface area contributed by atoms with E-state index in [9.17, 15) is 10.2 Å². The van der Waals surface area contributed by atoms with E-state index in [0.717, 1.165) is 39.0 Å². The van der Waals surface area contributed by atoms with Gasteiger partial charge >= 0.3 is 0 Å². The third kappa shape index (κ3) is 9.57. The Morgan fingerprint density at radius 1 is 0.684 bits per heavy atom. The first-order valence-electron chi connectivity index (χ1n) is 12.2.